The molecule has 1 spiro atoms. The fraction of sp³-hybridized carbons (Fsp3) is 0.480. The molecule has 1 N–H and O–H groups in total. The van der Waals surface area contributed by atoms with Gasteiger partial charge in [-0.3, -0.25) is 14.6 Å². The fourth-order valence-electron chi connectivity index (χ4n) is 4.64. The first-order valence-corrected chi connectivity index (χ1v) is 11.0. The number of hydrogen-bond donors (Lipinski definition) is 1. The standard InChI is InChI=1S/C25H31N3O2/c1-18-6-8-20(9-7-18)10-11-23(29)28-14-12-25(13-15-28)16-22(25)24(30)26-17-21-5-3-4-19(2)27-21/h3-9,22H,10-17H2,1-2H3,(H,26,30)/t22-/m1/s1. The predicted molar refractivity (Wildman–Crippen MR) is 117 cm³/mol. The van der Waals surface area contributed by atoms with Crippen molar-refractivity contribution in [1.82, 2.24) is 15.2 Å². The summed E-state index contributed by atoms with van der Waals surface area (Å²) in [6, 6.07) is 14.3. The number of likely N-dealkylation sites (tertiary alicyclic amines) is 1. The predicted octanol–water partition coefficient (Wildman–Crippen LogP) is 3.58. The third kappa shape index (κ3) is 4.72. The van der Waals surface area contributed by atoms with Gasteiger partial charge in [0.25, 0.3) is 0 Å². The van der Waals surface area contributed by atoms with Crippen LogP contribution in [-0.2, 0) is 22.6 Å². The first-order valence-electron chi connectivity index (χ1n) is 11.0. The molecule has 2 heterocycles. The number of amides is 2. The summed E-state index contributed by atoms with van der Waals surface area (Å²) in [6.45, 7) is 6.06. The Morgan fingerprint density at radius 2 is 1.83 bits per heavy atom. The molecule has 1 aliphatic heterocycles. The second-order valence-corrected chi connectivity index (χ2v) is 8.97. The van der Waals surface area contributed by atoms with E-state index in [0.29, 0.717) is 13.0 Å². The molecule has 1 aromatic heterocycles. The van der Waals surface area contributed by atoms with Gasteiger partial charge in [-0.1, -0.05) is 35.9 Å². The summed E-state index contributed by atoms with van der Waals surface area (Å²) < 4.78 is 0. The summed E-state index contributed by atoms with van der Waals surface area (Å²) in [5, 5.41) is 3.05. The van der Waals surface area contributed by atoms with Crippen LogP contribution in [0.2, 0.25) is 0 Å². The van der Waals surface area contributed by atoms with E-state index in [4.69, 9.17) is 0 Å². The third-order valence-electron chi connectivity index (χ3n) is 6.76. The van der Waals surface area contributed by atoms with Crippen molar-refractivity contribution >= 4 is 11.8 Å². The minimum absolute atomic E-state index is 0.0899. The van der Waals surface area contributed by atoms with Crippen molar-refractivity contribution in [3.05, 3.63) is 65.0 Å². The summed E-state index contributed by atoms with van der Waals surface area (Å²) in [5.41, 5.74) is 4.42. The van der Waals surface area contributed by atoms with E-state index in [0.717, 1.165) is 50.2 Å². The lowest BCUT2D eigenvalue weighted by atomic mass is 9.90. The van der Waals surface area contributed by atoms with Gasteiger partial charge in [0.1, 0.15) is 0 Å². The summed E-state index contributed by atoms with van der Waals surface area (Å²) in [5.74, 6) is 0.460. The van der Waals surface area contributed by atoms with Crippen LogP contribution in [-0.4, -0.2) is 34.8 Å². The molecule has 1 aliphatic carbocycles. The zero-order chi connectivity index (χ0) is 21.1. The summed E-state index contributed by atoms with van der Waals surface area (Å²) in [6.07, 6.45) is 4.17. The number of rotatable bonds is 6. The number of carbonyl (C=O) groups is 2. The van der Waals surface area contributed by atoms with Gasteiger partial charge in [0.05, 0.1) is 12.2 Å². The average Bonchev–Trinajstić information content (AvgIpc) is 3.45. The van der Waals surface area contributed by atoms with Crippen LogP contribution in [0.5, 0.6) is 0 Å². The molecule has 2 aromatic rings. The quantitative estimate of drug-likeness (QED) is 0.799. The zero-order valence-corrected chi connectivity index (χ0v) is 18.0. The number of aryl methyl sites for hydroxylation is 3. The minimum Gasteiger partial charge on any atom is -0.350 e. The van der Waals surface area contributed by atoms with Crippen molar-refractivity contribution in [2.24, 2.45) is 11.3 Å². The molecule has 1 saturated heterocycles. The lowest BCUT2D eigenvalue weighted by molar-refractivity contribution is -0.132. The molecule has 1 saturated carbocycles. The molecular formula is C25H31N3O2. The lowest BCUT2D eigenvalue weighted by Gasteiger charge is -2.33. The van der Waals surface area contributed by atoms with E-state index in [1.165, 1.54) is 11.1 Å². The van der Waals surface area contributed by atoms with Crippen molar-refractivity contribution in [2.75, 3.05) is 13.1 Å². The molecule has 0 radical (unpaired) electrons. The Labute approximate surface area is 178 Å². The largest absolute Gasteiger partial charge is 0.350 e. The summed E-state index contributed by atoms with van der Waals surface area (Å²) in [4.78, 5) is 31.7. The van der Waals surface area contributed by atoms with Crippen LogP contribution >= 0.6 is 0 Å². The number of nitrogens with one attached hydrogen (secondary N) is 1. The Morgan fingerprint density at radius 3 is 2.53 bits per heavy atom. The topological polar surface area (TPSA) is 62.3 Å². The average molecular weight is 406 g/mol. The van der Waals surface area contributed by atoms with E-state index in [2.05, 4.69) is 41.5 Å². The molecule has 0 unspecified atom stereocenters. The lowest BCUT2D eigenvalue weighted by Crippen LogP contribution is -2.40. The normalized spacial score (nSPS) is 19.5. The van der Waals surface area contributed by atoms with Gasteiger partial charge >= 0.3 is 0 Å². The van der Waals surface area contributed by atoms with Crippen LogP contribution in [0.1, 0.15) is 48.2 Å². The Kier molecular flexibility index (Phi) is 5.89. The maximum absolute atomic E-state index is 12.6. The highest BCUT2D eigenvalue weighted by atomic mass is 16.2. The smallest absolute Gasteiger partial charge is 0.224 e. The van der Waals surface area contributed by atoms with Crippen LogP contribution in [0.3, 0.4) is 0 Å². The van der Waals surface area contributed by atoms with Crippen LogP contribution in [0.25, 0.3) is 0 Å². The van der Waals surface area contributed by atoms with Crippen molar-refractivity contribution < 1.29 is 9.59 Å². The summed E-state index contributed by atoms with van der Waals surface area (Å²) in [7, 11) is 0. The number of benzene rings is 1. The maximum Gasteiger partial charge on any atom is 0.224 e. The van der Waals surface area contributed by atoms with Crippen LogP contribution in [0.15, 0.2) is 42.5 Å². The van der Waals surface area contributed by atoms with E-state index in [1.54, 1.807) is 0 Å². The second kappa shape index (κ2) is 8.58. The number of pyridine rings is 1. The Bertz CT molecular complexity index is 914. The first kappa shape index (κ1) is 20.6. The monoisotopic (exact) mass is 405 g/mol. The van der Waals surface area contributed by atoms with Gasteiger partial charge in [-0.2, -0.15) is 0 Å². The molecular weight excluding hydrogens is 374 g/mol. The molecule has 2 amide bonds. The van der Waals surface area contributed by atoms with Crippen molar-refractivity contribution in [3.63, 3.8) is 0 Å². The second-order valence-electron chi connectivity index (χ2n) is 8.97. The molecule has 1 atom stereocenters. The third-order valence-corrected chi connectivity index (χ3v) is 6.76. The van der Waals surface area contributed by atoms with Crippen molar-refractivity contribution in [1.29, 1.82) is 0 Å². The van der Waals surface area contributed by atoms with E-state index >= 15 is 0 Å². The number of aromatic nitrogens is 1. The molecule has 2 aliphatic rings. The Morgan fingerprint density at radius 1 is 1.10 bits per heavy atom. The molecule has 4 rings (SSSR count). The van der Waals surface area contributed by atoms with Gasteiger partial charge in [-0.25, -0.2) is 0 Å². The van der Waals surface area contributed by atoms with Crippen LogP contribution in [0.4, 0.5) is 0 Å². The van der Waals surface area contributed by atoms with E-state index in [9.17, 15) is 9.59 Å². The van der Waals surface area contributed by atoms with Crippen LogP contribution < -0.4 is 5.32 Å². The number of hydrogen-bond acceptors (Lipinski definition) is 3. The van der Waals surface area contributed by atoms with Crippen LogP contribution in [0, 0.1) is 25.2 Å². The number of carbonyl (C=O) groups excluding carboxylic acids is 2. The molecule has 158 valence electrons. The molecule has 5 nitrogen and oxygen atoms in total. The highest BCUT2D eigenvalue weighted by Gasteiger charge is 2.58. The van der Waals surface area contributed by atoms with E-state index in [1.807, 2.05) is 30.0 Å². The van der Waals surface area contributed by atoms with Crippen molar-refractivity contribution in [3.8, 4) is 0 Å². The van der Waals surface area contributed by atoms with Gasteiger partial charge in [-0.15, -0.1) is 0 Å². The van der Waals surface area contributed by atoms with Gasteiger partial charge < -0.3 is 10.2 Å². The zero-order valence-electron chi connectivity index (χ0n) is 18.0. The summed E-state index contributed by atoms with van der Waals surface area (Å²) >= 11 is 0. The molecule has 30 heavy (non-hydrogen) atoms. The first-order chi connectivity index (χ1) is 14.4. The number of nitrogens with zero attached hydrogens (tertiary/aromatic N) is 2. The Hall–Kier alpha value is -2.69. The fourth-order valence-corrected chi connectivity index (χ4v) is 4.64. The van der Waals surface area contributed by atoms with Gasteiger partial charge in [0.2, 0.25) is 11.8 Å². The molecule has 2 fully saturated rings. The van der Waals surface area contributed by atoms with Gasteiger partial charge in [-0.05, 0) is 62.6 Å². The SMILES string of the molecule is Cc1ccc(CCC(=O)N2CCC3(CC2)C[C@@H]3C(=O)NCc2cccc(C)n2)cc1. The van der Waals surface area contributed by atoms with E-state index in [-0.39, 0.29) is 23.1 Å². The van der Waals surface area contributed by atoms with E-state index < -0.39 is 0 Å². The molecule has 1 aromatic carbocycles. The van der Waals surface area contributed by atoms with Crippen molar-refractivity contribution in [2.45, 2.75) is 52.5 Å². The van der Waals surface area contributed by atoms with Gasteiger partial charge in [0, 0.05) is 31.1 Å². The minimum atomic E-state index is 0.0899. The van der Waals surface area contributed by atoms with Gasteiger partial charge in [0.15, 0.2) is 0 Å². The number of piperidine rings is 1. The molecule has 0 bridgehead atoms. The molecule has 5 heteroatoms. The Balaban J connectivity index is 1.21. The highest BCUT2D eigenvalue weighted by Crippen LogP contribution is 2.59. The maximum atomic E-state index is 12.6. The highest BCUT2D eigenvalue weighted by molar-refractivity contribution is 5.83.